The maximum Gasteiger partial charge on any atom is 0.466 e. The molecule has 0 aromatic heterocycles. The zero-order chi connectivity index (χ0) is 77.1. The van der Waals surface area contributed by atoms with Crippen LogP contribution < -0.4 is 0 Å². The van der Waals surface area contributed by atoms with Crippen LogP contribution in [0.2, 0.25) is 0 Å². The van der Waals surface area contributed by atoms with Crippen molar-refractivity contribution < 1.29 is 296 Å². The summed E-state index contributed by atoms with van der Waals surface area (Å²) < 4.78 is 53.3. The molecule has 92 heavy (non-hydrogen) atoms. The van der Waals surface area contributed by atoms with Crippen LogP contribution in [0.5, 0.6) is 0 Å². The molecule has 0 saturated carbocycles. The van der Waals surface area contributed by atoms with Crippen molar-refractivity contribution >= 4 is 46.9 Å². The van der Waals surface area contributed by atoms with Crippen molar-refractivity contribution in [2.45, 2.75) is 287 Å². The largest absolute Gasteiger partial charge is 0.466 e. The normalized spacial score (nSPS) is 9.33. The molecular weight excluding hydrogens is 1550 g/mol. The van der Waals surface area contributed by atoms with Crippen LogP contribution in [0, 0.1) is 0 Å². The maximum atomic E-state index is 8.88. The standard InChI is InChI=1S/14C3H8O.CH4.6H3O4P.5Ti/c14*1-3(2)4;;6*1-5(2,3)4;;;;;/h14*3-4H,1-2H3;1H4;6*(H3,1,2,3,4);;;;;. The number of hydrogen-bond donors (Lipinski definition) is 32. The van der Waals surface area contributed by atoms with Gasteiger partial charge in [-0.05, 0) is 194 Å². The average molecular weight is 1680 g/mol. The molecule has 0 saturated heterocycles. The van der Waals surface area contributed by atoms with E-state index in [0.29, 0.717) is 0 Å². The minimum Gasteiger partial charge on any atom is -0.394 e. The molecule has 0 unspecified atom stereocenters. The van der Waals surface area contributed by atoms with Gasteiger partial charge in [-0.3, -0.25) is 0 Å². The predicted molar refractivity (Wildman–Crippen MR) is 335 cm³/mol. The molecule has 0 rings (SSSR count). The molecule has 38 nitrogen and oxygen atoms in total. The van der Waals surface area contributed by atoms with E-state index in [1.165, 1.54) is 0 Å². The van der Waals surface area contributed by atoms with E-state index in [2.05, 4.69) is 0 Å². The fourth-order valence-corrected chi connectivity index (χ4v) is 0. The van der Waals surface area contributed by atoms with Crippen molar-refractivity contribution in [2.75, 3.05) is 0 Å². The Morgan fingerprint density at radius 1 is 0.141 bits per heavy atom. The van der Waals surface area contributed by atoms with E-state index in [9.17, 15) is 0 Å². The second-order valence-electron chi connectivity index (χ2n) is 18.4. The van der Waals surface area contributed by atoms with Crippen LogP contribution in [0.25, 0.3) is 0 Å². The number of hydrogen-bond acceptors (Lipinski definition) is 20. The van der Waals surface area contributed by atoms with E-state index in [-0.39, 0.29) is 201 Å². The van der Waals surface area contributed by atoms with Gasteiger partial charge in [0.15, 0.2) is 0 Å². The van der Waals surface area contributed by atoms with Crippen LogP contribution in [0.4, 0.5) is 0 Å². The summed E-state index contributed by atoms with van der Waals surface area (Å²) in [6.45, 7) is 48.2. The van der Waals surface area contributed by atoms with E-state index in [1.807, 2.05) is 0 Å². The summed E-state index contributed by atoms with van der Waals surface area (Å²) in [5.74, 6) is 0. The second kappa shape index (κ2) is 125. The molecule has 0 radical (unpaired) electrons. The first kappa shape index (κ1) is 177. The summed E-state index contributed by atoms with van der Waals surface area (Å²) in [6, 6.07) is 0. The Bertz CT molecular complexity index is 998. The summed E-state index contributed by atoms with van der Waals surface area (Å²) in [4.78, 5) is 129. The summed E-state index contributed by atoms with van der Waals surface area (Å²) in [6.07, 6.45) is -2.33. The molecule has 0 aliphatic heterocycles. The molecule has 49 heteroatoms. The Morgan fingerprint density at radius 3 is 0.141 bits per heavy atom. The summed E-state index contributed by atoms with van der Waals surface area (Å²) in [5.41, 5.74) is 0. The maximum absolute atomic E-state index is 8.88. The van der Waals surface area contributed by atoms with Crippen LogP contribution in [-0.4, -0.2) is 245 Å². The van der Waals surface area contributed by atoms with Gasteiger partial charge in [-0.1, -0.05) is 7.43 Å². The van der Waals surface area contributed by atoms with Gasteiger partial charge in [0.2, 0.25) is 0 Å². The van der Waals surface area contributed by atoms with Crippen molar-refractivity contribution in [3.8, 4) is 0 Å². The third-order valence-electron chi connectivity index (χ3n) is 0. The zero-order valence-electron chi connectivity index (χ0n) is 58.0. The molecule has 0 aromatic rings. The van der Waals surface area contributed by atoms with E-state index < -0.39 is 46.9 Å². The van der Waals surface area contributed by atoms with E-state index in [4.69, 9.17) is 187 Å². The van der Waals surface area contributed by atoms with Crippen LogP contribution in [0.3, 0.4) is 0 Å². The van der Waals surface area contributed by atoms with Gasteiger partial charge >= 0.3 is 46.9 Å². The Balaban J connectivity index is -0.0000000207. The van der Waals surface area contributed by atoms with Gasteiger partial charge in [-0.15, -0.1) is 0 Å². The molecule has 0 atom stereocenters. The fourth-order valence-electron chi connectivity index (χ4n) is 0. The van der Waals surface area contributed by atoms with E-state index in [1.54, 1.807) is 194 Å². The van der Waals surface area contributed by atoms with E-state index in [0.717, 1.165) is 0 Å². The van der Waals surface area contributed by atoms with Gasteiger partial charge in [-0.2, -0.15) is 0 Å². The molecule has 0 heterocycles. The van der Waals surface area contributed by atoms with Gasteiger partial charge in [-0.25, -0.2) is 27.4 Å². The Kier molecular flexibility index (Phi) is 239. The fraction of sp³-hybridized carbons (Fsp3) is 1.00. The minimum absolute atomic E-state index is 0. The molecule has 584 valence electrons. The molecule has 32 N–H and O–H groups in total. The van der Waals surface area contributed by atoms with Crippen molar-refractivity contribution in [2.24, 2.45) is 0 Å². The van der Waals surface area contributed by atoms with Crippen LogP contribution in [-0.2, 0) is 136 Å². The number of rotatable bonds is 0. The molecule has 0 aliphatic carbocycles. The predicted octanol–water partition coefficient (Wildman–Crippen LogP) is 0.471. The molecule has 0 amide bonds. The van der Waals surface area contributed by atoms with Gasteiger partial charge in [0.1, 0.15) is 0 Å². The first-order valence-electron chi connectivity index (χ1n) is 24.5. The van der Waals surface area contributed by atoms with Gasteiger partial charge < -0.3 is 160 Å². The van der Waals surface area contributed by atoms with Gasteiger partial charge in [0.25, 0.3) is 0 Å². The smallest absolute Gasteiger partial charge is 0.394 e. The molecule has 0 aliphatic rings. The molecule has 0 spiro atoms. The second-order valence-corrected chi connectivity index (χ2v) is 24.6. The van der Waals surface area contributed by atoms with Gasteiger partial charge in [0, 0.05) is 194 Å². The number of phosphoric acid groups is 6. The van der Waals surface area contributed by atoms with Crippen LogP contribution >= 0.6 is 46.9 Å². The van der Waals surface area contributed by atoms with Crippen LogP contribution in [0.1, 0.15) is 201 Å². The summed E-state index contributed by atoms with van der Waals surface area (Å²) in [5, 5.41) is 113. The molecular formula is C43H134O38P6Ti5. The summed E-state index contributed by atoms with van der Waals surface area (Å²) in [7, 11) is -27.8. The first-order valence-corrected chi connectivity index (χ1v) is 33.9. The van der Waals surface area contributed by atoms with Crippen molar-refractivity contribution in [3.63, 3.8) is 0 Å². The Labute approximate surface area is 624 Å². The topological polar surface area (TPSA) is 750 Å². The SMILES string of the molecule is C.CC(C)O.CC(C)O.CC(C)O.CC(C)O.CC(C)O.CC(C)O.CC(C)O.CC(C)O.CC(C)O.CC(C)O.CC(C)O.CC(C)O.CC(C)O.CC(C)O.O=P(O)(O)O.O=P(O)(O)O.O=P(O)(O)O.O=P(O)(O)O.O=P(O)(O)O.O=P(O)(O)O.[Ti].[Ti].[Ti].[Ti].[Ti]. The van der Waals surface area contributed by atoms with Crippen LogP contribution in [0.15, 0.2) is 0 Å². The number of aliphatic hydroxyl groups excluding tert-OH is 14. The Morgan fingerprint density at radius 2 is 0.141 bits per heavy atom. The third-order valence-corrected chi connectivity index (χ3v) is 0. The van der Waals surface area contributed by atoms with E-state index >= 15 is 0 Å². The Hall–Kier alpha value is 3.67. The molecule has 0 aromatic carbocycles. The van der Waals surface area contributed by atoms with Gasteiger partial charge in [0.05, 0.1) is 0 Å². The van der Waals surface area contributed by atoms with Crippen molar-refractivity contribution in [1.29, 1.82) is 0 Å². The van der Waals surface area contributed by atoms with Crippen molar-refractivity contribution in [3.05, 3.63) is 0 Å². The van der Waals surface area contributed by atoms with Crippen molar-refractivity contribution in [1.82, 2.24) is 0 Å². The first-order chi connectivity index (χ1) is 36.2. The monoisotopic (exact) mass is 1680 g/mol. The molecule has 0 bridgehead atoms. The zero-order valence-corrected chi connectivity index (χ0v) is 71.2. The quantitative estimate of drug-likeness (QED) is 0.116. The summed E-state index contributed by atoms with van der Waals surface area (Å²) >= 11 is 0. The number of aliphatic hydroxyl groups is 14. The third kappa shape index (κ3) is 59700. The average Bonchev–Trinajstić information content (AvgIpc) is 2.96. The minimum atomic E-state index is -4.64. The molecule has 0 fully saturated rings.